The zero-order valence-corrected chi connectivity index (χ0v) is 10.2. The fraction of sp³-hybridized carbons (Fsp3) is 0.455. The van der Waals surface area contributed by atoms with Crippen LogP contribution in [0.15, 0.2) is 18.3 Å². The normalized spacial score (nSPS) is 15.7. The van der Waals surface area contributed by atoms with Gasteiger partial charge in [0.25, 0.3) is 0 Å². The number of carbonyl (C=O) groups excluding carboxylic acids is 1. The SMILES string of the molecule is O=C(CNc1ncccc1Cl)N1CCNCC1. The molecule has 17 heavy (non-hydrogen) atoms. The monoisotopic (exact) mass is 254 g/mol. The Balaban J connectivity index is 1.85. The molecular formula is C11H15ClN4O. The molecule has 1 amide bonds. The van der Waals surface area contributed by atoms with Crippen LogP contribution in [0.5, 0.6) is 0 Å². The number of carbonyl (C=O) groups is 1. The predicted molar refractivity (Wildman–Crippen MR) is 67.2 cm³/mol. The van der Waals surface area contributed by atoms with Crippen molar-refractivity contribution in [2.24, 2.45) is 0 Å². The Morgan fingerprint density at radius 2 is 2.29 bits per heavy atom. The molecule has 2 rings (SSSR count). The van der Waals surface area contributed by atoms with Gasteiger partial charge in [0.05, 0.1) is 11.6 Å². The zero-order valence-electron chi connectivity index (χ0n) is 9.45. The average Bonchev–Trinajstić information content (AvgIpc) is 2.38. The van der Waals surface area contributed by atoms with E-state index in [1.54, 1.807) is 18.3 Å². The minimum atomic E-state index is 0.0771. The minimum Gasteiger partial charge on any atom is -0.360 e. The molecule has 2 N–H and O–H groups in total. The summed E-state index contributed by atoms with van der Waals surface area (Å²) in [6.45, 7) is 3.47. The highest BCUT2D eigenvalue weighted by Gasteiger charge is 2.15. The van der Waals surface area contributed by atoms with E-state index >= 15 is 0 Å². The van der Waals surface area contributed by atoms with Crippen LogP contribution in [0.3, 0.4) is 0 Å². The van der Waals surface area contributed by atoms with E-state index in [-0.39, 0.29) is 12.5 Å². The number of pyridine rings is 1. The van der Waals surface area contributed by atoms with E-state index in [9.17, 15) is 4.79 Å². The molecule has 0 bridgehead atoms. The van der Waals surface area contributed by atoms with Crippen molar-refractivity contribution in [2.75, 3.05) is 38.0 Å². The summed E-state index contributed by atoms with van der Waals surface area (Å²) in [5, 5.41) is 6.69. The molecule has 5 nitrogen and oxygen atoms in total. The third kappa shape index (κ3) is 3.31. The number of hydrogen-bond acceptors (Lipinski definition) is 4. The van der Waals surface area contributed by atoms with E-state index in [1.165, 1.54) is 0 Å². The van der Waals surface area contributed by atoms with Crippen molar-refractivity contribution in [2.45, 2.75) is 0 Å². The van der Waals surface area contributed by atoms with Crippen molar-refractivity contribution < 1.29 is 4.79 Å². The van der Waals surface area contributed by atoms with Gasteiger partial charge in [0.15, 0.2) is 0 Å². The highest BCUT2D eigenvalue weighted by molar-refractivity contribution is 6.32. The summed E-state index contributed by atoms with van der Waals surface area (Å²) < 4.78 is 0. The number of rotatable bonds is 3. The van der Waals surface area contributed by atoms with E-state index in [1.807, 2.05) is 4.90 Å². The molecule has 1 aromatic rings. The van der Waals surface area contributed by atoms with E-state index in [4.69, 9.17) is 11.6 Å². The van der Waals surface area contributed by atoms with Crippen LogP contribution < -0.4 is 10.6 Å². The van der Waals surface area contributed by atoms with Crippen molar-refractivity contribution in [1.29, 1.82) is 0 Å². The molecule has 92 valence electrons. The van der Waals surface area contributed by atoms with Gasteiger partial charge in [0.2, 0.25) is 5.91 Å². The van der Waals surface area contributed by atoms with Crippen LogP contribution in [0, 0.1) is 0 Å². The lowest BCUT2D eigenvalue weighted by atomic mass is 10.3. The van der Waals surface area contributed by atoms with Crippen molar-refractivity contribution in [3.8, 4) is 0 Å². The quantitative estimate of drug-likeness (QED) is 0.829. The number of nitrogens with zero attached hydrogens (tertiary/aromatic N) is 2. The summed E-state index contributed by atoms with van der Waals surface area (Å²) in [5.41, 5.74) is 0. The standard InChI is InChI=1S/C11H15ClN4O/c12-9-2-1-3-14-11(9)15-8-10(17)16-6-4-13-5-7-16/h1-3,13H,4-8H2,(H,14,15). The second kappa shape index (κ2) is 5.84. The van der Waals surface area contributed by atoms with Gasteiger partial charge in [0, 0.05) is 32.4 Å². The molecule has 0 atom stereocenters. The number of nitrogens with one attached hydrogen (secondary N) is 2. The Hall–Kier alpha value is -1.33. The molecule has 0 aromatic carbocycles. The maximum Gasteiger partial charge on any atom is 0.242 e. The number of anilines is 1. The van der Waals surface area contributed by atoms with E-state index in [0.717, 1.165) is 26.2 Å². The molecule has 1 aromatic heterocycles. The van der Waals surface area contributed by atoms with Crippen molar-refractivity contribution in [3.05, 3.63) is 23.4 Å². The number of halogens is 1. The molecule has 0 radical (unpaired) electrons. The van der Waals surface area contributed by atoms with Gasteiger partial charge in [-0.25, -0.2) is 4.98 Å². The van der Waals surface area contributed by atoms with Crippen LogP contribution in [0.25, 0.3) is 0 Å². The Labute approximate surface area is 105 Å². The van der Waals surface area contributed by atoms with E-state index < -0.39 is 0 Å². The molecule has 0 saturated carbocycles. The molecule has 1 aliphatic heterocycles. The first-order chi connectivity index (χ1) is 8.27. The Morgan fingerprint density at radius 1 is 1.53 bits per heavy atom. The number of piperazine rings is 1. The van der Waals surface area contributed by atoms with Gasteiger partial charge in [-0.1, -0.05) is 11.6 Å². The predicted octanol–water partition coefficient (Wildman–Crippen LogP) is 0.579. The van der Waals surface area contributed by atoms with Gasteiger partial charge in [-0.3, -0.25) is 4.79 Å². The molecule has 6 heteroatoms. The first kappa shape index (κ1) is 12.1. The lowest BCUT2D eigenvalue weighted by Gasteiger charge is -2.27. The van der Waals surface area contributed by atoms with Crippen LogP contribution in [0.1, 0.15) is 0 Å². The van der Waals surface area contributed by atoms with E-state index in [2.05, 4.69) is 15.6 Å². The number of aromatic nitrogens is 1. The Bertz CT molecular complexity index is 393. The van der Waals surface area contributed by atoms with Crippen LogP contribution in [-0.2, 0) is 4.79 Å². The van der Waals surface area contributed by atoms with Crippen LogP contribution >= 0.6 is 11.6 Å². The maximum absolute atomic E-state index is 11.8. The topological polar surface area (TPSA) is 57.3 Å². The fourth-order valence-electron chi connectivity index (χ4n) is 1.70. The molecule has 0 spiro atoms. The van der Waals surface area contributed by atoms with E-state index in [0.29, 0.717) is 10.8 Å². The average molecular weight is 255 g/mol. The molecule has 2 heterocycles. The molecule has 0 aliphatic carbocycles. The second-order valence-electron chi connectivity index (χ2n) is 3.82. The van der Waals surface area contributed by atoms with Crippen LogP contribution in [0.2, 0.25) is 5.02 Å². The number of amides is 1. The van der Waals surface area contributed by atoms with Gasteiger partial charge in [-0.05, 0) is 12.1 Å². The summed E-state index contributed by atoms with van der Waals surface area (Å²) in [5.74, 6) is 0.630. The lowest BCUT2D eigenvalue weighted by Crippen LogP contribution is -2.48. The maximum atomic E-state index is 11.8. The summed E-state index contributed by atoms with van der Waals surface area (Å²) >= 11 is 5.93. The first-order valence-electron chi connectivity index (χ1n) is 5.60. The zero-order chi connectivity index (χ0) is 12.1. The summed E-state index contributed by atoms with van der Waals surface area (Å²) in [6.07, 6.45) is 1.64. The first-order valence-corrected chi connectivity index (χ1v) is 5.98. The van der Waals surface area contributed by atoms with Crippen LogP contribution in [-0.4, -0.2) is 48.5 Å². The fourth-order valence-corrected chi connectivity index (χ4v) is 1.89. The van der Waals surface area contributed by atoms with Crippen molar-refractivity contribution >= 4 is 23.3 Å². The highest BCUT2D eigenvalue weighted by atomic mass is 35.5. The lowest BCUT2D eigenvalue weighted by molar-refractivity contribution is -0.129. The van der Waals surface area contributed by atoms with Gasteiger partial charge in [-0.2, -0.15) is 0 Å². The summed E-state index contributed by atoms with van der Waals surface area (Å²) in [4.78, 5) is 17.8. The summed E-state index contributed by atoms with van der Waals surface area (Å²) in [6, 6.07) is 3.50. The second-order valence-corrected chi connectivity index (χ2v) is 4.23. The summed E-state index contributed by atoms with van der Waals surface area (Å²) in [7, 11) is 0. The van der Waals surface area contributed by atoms with Crippen molar-refractivity contribution in [1.82, 2.24) is 15.2 Å². The van der Waals surface area contributed by atoms with Crippen molar-refractivity contribution in [3.63, 3.8) is 0 Å². The molecular weight excluding hydrogens is 240 g/mol. The molecule has 1 aliphatic rings. The third-order valence-electron chi connectivity index (χ3n) is 2.64. The number of hydrogen-bond donors (Lipinski definition) is 2. The van der Waals surface area contributed by atoms with Gasteiger partial charge < -0.3 is 15.5 Å². The Morgan fingerprint density at radius 3 is 3.00 bits per heavy atom. The Kier molecular flexibility index (Phi) is 4.17. The largest absolute Gasteiger partial charge is 0.360 e. The third-order valence-corrected chi connectivity index (χ3v) is 2.94. The van der Waals surface area contributed by atoms with Gasteiger partial charge >= 0.3 is 0 Å². The highest BCUT2D eigenvalue weighted by Crippen LogP contribution is 2.16. The minimum absolute atomic E-state index is 0.0771. The smallest absolute Gasteiger partial charge is 0.242 e. The molecule has 1 fully saturated rings. The van der Waals surface area contributed by atoms with Crippen LogP contribution in [0.4, 0.5) is 5.82 Å². The van der Waals surface area contributed by atoms with Gasteiger partial charge in [-0.15, -0.1) is 0 Å². The van der Waals surface area contributed by atoms with Gasteiger partial charge in [0.1, 0.15) is 5.82 Å². The molecule has 0 unspecified atom stereocenters. The molecule has 1 saturated heterocycles.